The molecule has 0 unspecified atom stereocenters. The van der Waals surface area contributed by atoms with Crippen molar-refractivity contribution in [2.24, 2.45) is 0 Å². The fourth-order valence-electron chi connectivity index (χ4n) is 3.25. The first-order valence-corrected chi connectivity index (χ1v) is 11.2. The zero-order valence-electron chi connectivity index (χ0n) is 16.9. The molecule has 0 fully saturated rings. The number of sulfonamides is 1. The molecule has 0 bridgehead atoms. The maximum absolute atomic E-state index is 12.9. The third kappa shape index (κ3) is 5.15. The van der Waals surface area contributed by atoms with E-state index in [1.807, 2.05) is 54.1 Å². The van der Waals surface area contributed by atoms with E-state index in [2.05, 4.69) is 10.6 Å². The van der Waals surface area contributed by atoms with E-state index in [0.29, 0.717) is 11.3 Å². The summed E-state index contributed by atoms with van der Waals surface area (Å²) in [7, 11) is -3.68. The first-order chi connectivity index (χ1) is 14.1. The Morgan fingerprint density at radius 2 is 1.67 bits per heavy atom. The lowest BCUT2D eigenvalue weighted by Gasteiger charge is -2.18. The number of amides is 3. The molecule has 0 aliphatic rings. The van der Waals surface area contributed by atoms with E-state index < -0.39 is 16.1 Å². The third-order valence-corrected chi connectivity index (χ3v) is 5.21. The number of anilines is 1. The lowest BCUT2D eigenvalue weighted by molar-refractivity contribution is 0.0939. The van der Waals surface area contributed by atoms with Crippen LogP contribution in [-0.2, 0) is 10.0 Å². The van der Waals surface area contributed by atoms with Gasteiger partial charge < -0.3 is 10.6 Å². The van der Waals surface area contributed by atoms with Gasteiger partial charge in [0.2, 0.25) is 10.0 Å². The fourth-order valence-corrected chi connectivity index (χ4v) is 3.64. The van der Waals surface area contributed by atoms with Crippen LogP contribution in [0.2, 0.25) is 0 Å². The van der Waals surface area contributed by atoms with Crippen LogP contribution in [0.3, 0.4) is 0 Å². The van der Waals surface area contributed by atoms with Gasteiger partial charge in [0.15, 0.2) is 0 Å². The quantitative estimate of drug-likeness (QED) is 0.579. The van der Waals surface area contributed by atoms with Gasteiger partial charge in [0.05, 0.1) is 12.3 Å². The Kier molecular flexibility index (Phi) is 6.07. The van der Waals surface area contributed by atoms with Crippen molar-refractivity contribution in [3.8, 4) is 0 Å². The van der Waals surface area contributed by atoms with Crippen LogP contribution >= 0.6 is 0 Å². The Bertz CT molecular complexity index is 1220. The summed E-state index contributed by atoms with van der Waals surface area (Å²) >= 11 is 0. The van der Waals surface area contributed by atoms with Crippen LogP contribution in [-0.4, -0.2) is 26.6 Å². The summed E-state index contributed by atoms with van der Waals surface area (Å²) in [6.07, 6.45) is 0.884. The van der Waals surface area contributed by atoms with Crippen LogP contribution in [0.1, 0.15) is 34.5 Å². The van der Waals surface area contributed by atoms with Crippen LogP contribution < -0.4 is 15.4 Å². The number of carbonyl (C=O) groups is 2. The molecule has 8 heteroatoms. The average Bonchev–Trinajstić information content (AvgIpc) is 2.67. The molecule has 0 aromatic heterocycles. The second-order valence-corrected chi connectivity index (χ2v) is 8.87. The summed E-state index contributed by atoms with van der Waals surface area (Å²) in [5, 5.41) is 7.58. The van der Waals surface area contributed by atoms with Gasteiger partial charge in [0.25, 0.3) is 5.91 Å². The van der Waals surface area contributed by atoms with E-state index in [1.165, 1.54) is 6.07 Å². The summed E-state index contributed by atoms with van der Waals surface area (Å²) in [5.74, 6) is -0.292. The molecule has 156 valence electrons. The molecule has 3 aromatic carbocycles. The lowest BCUT2D eigenvalue weighted by atomic mass is 9.99. The average molecular weight is 426 g/mol. The van der Waals surface area contributed by atoms with Gasteiger partial charge in [-0.15, -0.1) is 0 Å². The number of nitrogens with one attached hydrogen (secondary N) is 3. The highest BCUT2D eigenvalue weighted by Gasteiger charge is 2.16. The largest absolute Gasteiger partial charge is 0.345 e. The maximum Gasteiger partial charge on any atom is 0.332 e. The van der Waals surface area contributed by atoms with Crippen LogP contribution in [0.5, 0.6) is 0 Å². The molecule has 30 heavy (non-hydrogen) atoms. The molecule has 3 rings (SSSR count). The van der Waals surface area contributed by atoms with E-state index in [4.69, 9.17) is 0 Å². The van der Waals surface area contributed by atoms with Crippen LogP contribution in [0.4, 0.5) is 10.5 Å². The van der Waals surface area contributed by atoms with Crippen molar-refractivity contribution >= 4 is 38.4 Å². The molecule has 1 atom stereocenters. The number of urea groups is 1. The monoisotopic (exact) mass is 425 g/mol. The summed E-state index contributed by atoms with van der Waals surface area (Å²) in [6, 6.07) is 17.6. The third-order valence-electron chi connectivity index (χ3n) is 4.66. The highest BCUT2D eigenvalue weighted by atomic mass is 32.2. The molecule has 0 aliphatic carbocycles. The summed E-state index contributed by atoms with van der Waals surface area (Å²) < 4.78 is 24.2. The molecule has 7 nitrogen and oxygen atoms in total. The molecule has 3 aromatic rings. The minimum Gasteiger partial charge on any atom is -0.345 e. The Morgan fingerprint density at radius 1 is 0.967 bits per heavy atom. The number of carbonyl (C=O) groups excluding carboxylic acids is 2. The topological polar surface area (TPSA) is 104 Å². The Hall–Kier alpha value is -3.39. The maximum atomic E-state index is 12.9. The molecular formula is C22H23N3O4S. The van der Waals surface area contributed by atoms with Gasteiger partial charge in [-0.05, 0) is 47.9 Å². The standard InChI is InChI=1S/C22H23N3O4S/c1-14-11-12-17(24-22(27)25-30(3,28)29)13-20(14)21(26)23-15(2)18-10-6-8-16-7-4-5-9-19(16)18/h4-13,15H,1-3H3,(H,23,26)(H2,24,25,27)/t15-/m1/s1. The Morgan fingerprint density at radius 3 is 2.40 bits per heavy atom. The van der Waals surface area contributed by atoms with E-state index in [1.54, 1.807) is 19.1 Å². The van der Waals surface area contributed by atoms with Crippen LogP contribution in [0, 0.1) is 6.92 Å². The summed E-state index contributed by atoms with van der Waals surface area (Å²) in [6.45, 7) is 3.70. The van der Waals surface area contributed by atoms with E-state index in [-0.39, 0.29) is 11.9 Å². The van der Waals surface area contributed by atoms with Crippen LogP contribution in [0.25, 0.3) is 10.8 Å². The Balaban J connectivity index is 1.80. The van der Waals surface area contributed by atoms with Gasteiger partial charge >= 0.3 is 6.03 Å². The first kappa shape index (κ1) is 21.3. The van der Waals surface area contributed by atoms with E-state index in [9.17, 15) is 18.0 Å². The van der Waals surface area contributed by atoms with Crippen molar-refractivity contribution in [3.05, 3.63) is 77.4 Å². The summed E-state index contributed by atoms with van der Waals surface area (Å²) in [5.41, 5.74) is 2.43. The van der Waals surface area contributed by atoms with Crippen LogP contribution in [0.15, 0.2) is 60.7 Å². The van der Waals surface area contributed by atoms with Gasteiger partial charge in [0.1, 0.15) is 0 Å². The van der Waals surface area contributed by atoms with Gasteiger partial charge in [0, 0.05) is 11.3 Å². The number of fused-ring (bicyclic) bond motifs is 1. The zero-order valence-corrected chi connectivity index (χ0v) is 17.7. The fraction of sp³-hybridized carbons (Fsp3) is 0.182. The SMILES string of the molecule is Cc1ccc(NC(=O)NS(C)(=O)=O)cc1C(=O)N[C@H](C)c1cccc2ccccc12. The van der Waals surface area contributed by atoms with Crippen molar-refractivity contribution in [2.45, 2.75) is 19.9 Å². The van der Waals surface area contributed by atoms with Crippen molar-refractivity contribution in [3.63, 3.8) is 0 Å². The minimum absolute atomic E-state index is 0.242. The second kappa shape index (κ2) is 8.54. The predicted molar refractivity (Wildman–Crippen MR) is 118 cm³/mol. The first-order valence-electron chi connectivity index (χ1n) is 9.32. The van der Waals surface area contributed by atoms with Gasteiger partial charge in [-0.1, -0.05) is 48.5 Å². The molecular weight excluding hydrogens is 402 g/mol. The van der Waals surface area contributed by atoms with Crippen molar-refractivity contribution in [1.29, 1.82) is 0 Å². The van der Waals surface area contributed by atoms with E-state index in [0.717, 1.165) is 28.2 Å². The number of rotatable bonds is 5. The van der Waals surface area contributed by atoms with Crippen molar-refractivity contribution in [2.75, 3.05) is 11.6 Å². The van der Waals surface area contributed by atoms with Crippen molar-refractivity contribution < 1.29 is 18.0 Å². The number of hydrogen-bond acceptors (Lipinski definition) is 4. The molecule has 3 amide bonds. The molecule has 0 aliphatic heterocycles. The summed E-state index contributed by atoms with van der Waals surface area (Å²) in [4.78, 5) is 24.7. The minimum atomic E-state index is -3.68. The number of benzene rings is 3. The smallest absolute Gasteiger partial charge is 0.332 e. The molecule has 3 N–H and O–H groups in total. The lowest BCUT2D eigenvalue weighted by Crippen LogP contribution is -2.33. The zero-order chi connectivity index (χ0) is 21.9. The molecule has 0 saturated carbocycles. The van der Waals surface area contributed by atoms with Gasteiger partial charge in [-0.3, -0.25) is 4.79 Å². The molecule has 0 spiro atoms. The van der Waals surface area contributed by atoms with Gasteiger partial charge in [-0.25, -0.2) is 17.9 Å². The highest BCUT2D eigenvalue weighted by Crippen LogP contribution is 2.25. The van der Waals surface area contributed by atoms with Crippen molar-refractivity contribution in [1.82, 2.24) is 10.0 Å². The highest BCUT2D eigenvalue weighted by molar-refractivity contribution is 7.89. The molecule has 0 heterocycles. The predicted octanol–water partition coefficient (Wildman–Crippen LogP) is 3.72. The second-order valence-electron chi connectivity index (χ2n) is 7.12. The number of hydrogen-bond donors (Lipinski definition) is 3. The van der Waals surface area contributed by atoms with E-state index >= 15 is 0 Å². The number of aryl methyl sites for hydroxylation is 1. The Labute approximate surface area is 175 Å². The van der Waals surface area contributed by atoms with Gasteiger partial charge in [-0.2, -0.15) is 0 Å². The molecule has 0 saturated heterocycles. The molecule has 0 radical (unpaired) electrons. The normalized spacial score (nSPS) is 12.2.